The molecule has 0 aliphatic rings. The van der Waals surface area contributed by atoms with Gasteiger partial charge in [-0.3, -0.25) is 0 Å². The van der Waals surface area contributed by atoms with Crippen LogP contribution in [0.4, 0.5) is 0 Å². The first-order valence-electron chi connectivity index (χ1n) is 7.74. The zero-order chi connectivity index (χ0) is 16.4. The van der Waals surface area contributed by atoms with Crippen molar-refractivity contribution in [3.8, 4) is 17.2 Å². The summed E-state index contributed by atoms with van der Waals surface area (Å²) in [6, 6.07) is 16.2. The van der Waals surface area contributed by atoms with Crippen molar-refractivity contribution >= 4 is 10.8 Å². The molecule has 3 aromatic carbocycles. The zero-order valence-electron chi connectivity index (χ0n) is 13.0. The van der Waals surface area contributed by atoms with Gasteiger partial charge in [-0.15, -0.1) is 0 Å². The van der Waals surface area contributed by atoms with Gasteiger partial charge >= 0.3 is 0 Å². The summed E-state index contributed by atoms with van der Waals surface area (Å²) in [5.74, 6) is 1.01. The lowest BCUT2D eigenvalue weighted by Crippen LogP contribution is -2.04. The number of hydrogen-bond donors (Lipinski definition) is 3. The lowest BCUT2D eigenvalue weighted by atomic mass is 9.93. The van der Waals surface area contributed by atoms with E-state index in [1.54, 1.807) is 30.3 Å². The second-order valence-corrected chi connectivity index (χ2v) is 6.20. The molecule has 0 aliphatic carbocycles. The van der Waals surface area contributed by atoms with Gasteiger partial charge in [0.2, 0.25) is 0 Å². The standard InChI is InChI=1S/C20H20O3/c1-13(7-14-3-2-4-17(21)10-14)8-15-9-16-5-6-18(22)12-19(16)20(23)11-15/h2-6,9-13,21-23H,7-8H2,1H3. The molecule has 1 unspecified atom stereocenters. The van der Waals surface area contributed by atoms with Crippen molar-refractivity contribution in [2.75, 3.05) is 0 Å². The number of rotatable bonds is 4. The van der Waals surface area contributed by atoms with Gasteiger partial charge in [-0.25, -0.2) is 0 Å². The fourth-order valence-electron chi connectivity index (χ4n) is 3.06. The number of hydrogen-bond acceptors (Lipinski definition) is 3. The summed E-state index contributed by atoms with van der Waals surface area (Å²) in [4.78, 5) is 0. The first-order valence-corrected chi connectivity index (χ1v) is 7.74. The maximum Gasteiger partial charge on any atom is 0.123 e. The first kappa shape index (κ1) is 15.2. The van der Waals surface area contributed by atoms with Gasteiger partial charge < -0.3 is 15.3 Å². The van der Waals surface area contributed by atoms with E-state index < -0.39 is 0 Å². The Balaban J connectivity index is 1.79. The van der Waals surface area contributed by atoms with Gasteiger partial charge in [0.1, 0.15) is 17.2 Å². The van der Waals surface area contributed by atoms with Crippen molar-refractivity contribution < 1.29 is 15.3 Å². The molecule has 0 aromatic heterocycles. The molecule has 3 N–H and O–H groups in total. The summed E-state index contributed by atoms with van der Waals surface area (Å²) in [6.45, 7) is 2.15. The topological polar surface area (TPSA) is 60.7 Å². The first-order chi connectivity index (χ1) is 11.0. The van der Waals surface area contributed by atoms with Gasteiger partial charge in [0.15, 0.2) is 0 Å². The average Bonchev–Trinajstić information content (AvgIpc) is 2.48. The Morgan fingerprint density at radius 3 is 2.30 bits per heavy atom. The molecule has 0 heterocycles. The summed E-state index contributed by atoms with van der Waals surface area (Å²) >= 11 is 0. The minimum Gasteiger partial charge on any atom is -0.508 e. The van der Waals surface area contributed by atoms with Crippen LogP contribution in [0.5, 0.6) is 17.2 Å². The molecule has 23 heavy (non-hydrogen) atoms. The summed E-state index contributed by atoms with van der Waals surface area (Å²) < 4.78 is 0. The summed E-state index contributed by atoms with van der Waals surface area (Å²) in [7, 11) is 0. The van der Waals surface area contributed by atoms with E-state index in [1.165, 1.54) is 0 Å². The van der Waals surface area contributed by atoms with Crippen molar-refractivity contribution in [1.29, 1.82) is 0 Å². The fourth-order valence-corrected chi connectivity index (χ4v) is 3.06. The third kappa shape index (κ3) is 3.57. The minimum absolute atomic E-state index is 0.151. The van der Waals surface area contributed by atoms with E-state index >= 15 is 0 Å². The minimum atomic E-state index is 0.151. The number of aromatic hydroxyl groups is 3. The van der Waals surface area contributed by atoms with E-state index in [-0.39, 0.29) is 17.2 Å². The van der Waals surface area contributed by atoms with Crippen LogP contribution in [0.2, 0.25) is 0 Å². The van der Waals surface area contributed by atoms with Gasteiger partial charge in [0.25, 0.3) is 0 Å². The number of phenolic OH excluding ortho intramolecular Hbond substituents is 3. The van der Waals surface area contributed by atoms with E-state index in [9.17, 15) is 15.3 Å². The molecule has 118 valence electrons. The van der Waals surface area contributed by atoms with Gasteiger partial charge in [0, 0.05) is 5.39 Å². The molecule has 3 nitrogen and oxygen atoms in total. The fraction of sp³-hybridized carbons (Fsp3) is 0.200. The van der Waals surface area contributed by atoms with Crippen LogP contribution in [0.1, 0.15) is 18.1 Å². The van der Waals surface area contributed by atoms with E-state index in [1.807, 2.05) is 24.3 Å². The number of fused-ring (bicyclic) bond motifs is 1. The largest absolute Gasteiger partial charge is 0.508 e. The Kier molecular flexibility index (Phi) is 4.11. The Hall–Kier alpha value is -2.68. The second kappa shape index (κ2) is 6.21. The van der Waals surface area contributed by atoms with Crippen LogP contribution < -0.4 is 0 Å². The molecule has 0 amide bonds. The lowest BCUT2D eigenvalue weighted by molar-refractivity contribution is 0.470. The van der Waals surface area contributed by atoms with Crippen LogP contribution in [0.25, 0.3) is 10.8 Å². The third-order valence-corrected chi connectivity index (χ3v) is 4.05. The zero-order valence-corrected chi connectivity index (χ0v) is 13.0. The SMILES string of the molecule is CC(Cc1cccc(O)c1)Cc1cc(O)c2cc(O)ccc2c1. The molecular formula is C20H20O3. The quantitative estimate of drug-likeness (QED) is 0.670. The van der Waals surface area contributed by atoms with Crippen LogP contribution >= 0.6 is 0 Å². The smallest absolute Gasteiger partial charge is 0.123 e. The average molecular weight is 308 g/mol. The molecule has 0 saturated heterocycles. The molecule has 0 fully saturated rings. The second-order valence-electron chi connectivity index (χ2n) is 6.20. The van der Waals surface area contributed by atoms with Gasteiger partial charge in [0.05, 0.1) is 0 Å². The molecule has 0 spiro atoms. The molecule has 1 atom stereocenters. The highest BCUT2D eigenvalue weighted by Crippen LogP contribution is 2.30. The monoisotopic (exact) mass is 308 g/mol. The maximum absolute atomic E-state index is 10.2. The Morgan fingerprint density at radius 1 is 0.783 bits per heavy atom. The highest BCUT2D eigenvalue weighted by Gasteiger charge is 2.09. The Labute approximate surface area is 135 Å². The molecule has 0 bridgehead atoms. The lowest BCUT2D eigenvalue weighted by Gasteiger charge is -2.13. The summed E-state index contributed by atoms with van der Waals surface area (Å²) in [5, 5.41) is 30.8. The molecule has 0 saturated carbocycles. The van der Waals surface area contributed by atoms with E-state index in [0.717, 1.165) is 29.4 Å². The van der Waals surface area contributed by atoms with Crippen molar-refractivity contribution in [2.24, 2.45) is 5.92 Å². The van der Waals surface area contributed by atoms with Crippen LogP contribution in [-0.2, 0) is 12.8 Å². The van der Waals surface area contributed by atoms with Crippen LogP contribution in [-0.4, -0.2) is 15.3 Å². The van der Waals surface area contributed by atoms with Crippen molar-refractivity contribution in [2.45, 2.75) is 19.8 Å². The van der Waals surface area contributed by atoms with Crippen molar-refractivity contribution in [1.82, 2.24) is 0 Å². The number of benzene rings is 3. The maximum atomic E-state index is 10.2. The van der Waals surface area contributed by atoms with Gasteiger partial charge in [-0.2, -0.15) is 0 Å². The number of phenols is 3. The highest BCUT2D eigenvalue weighted by molar-refractivity contribution is 5.89. The third-order valence-electron chi connectivity index (χ3n) is 4.05. The van der Waals surface area contributed by atoms with E-state index in [0.29, 0.717) is 11.3 Å². The molecule has 3 aromatic rings. The Bertz CT molecular complexity index is 839. The molecular weight excluding hydrogens is 288 g/mol. The molecule has 3 rings (SSSR count). The van der Waals surface area contributed by atoms with Crippen molar-refractivity contribution in [3.05, 3.63) is 65.7 Å². The molecule has 0 radical (unpaired) electrons. The van der Waals surface area contributed by atoms with Crippen LogP contribution in [0.15, 0.2) is 54.6 Å². The Morgan fingerprint density at radius 2 is 1.52 bits per heavy atom. The predicted octanol–water partition coefficient (Wildman–Crippen LogP) is 4.38. The van der Waals surface area contributed by atoms with Crippen LogP contribution in [0.3, 0.4) is 0 Å². The summed E-state index contributed by atoms with van der Waals surface area (Å²) in [6.07, 6.45) is 1.70. The van der Waals surface area contributed by atoms with E-state index in [4.69, 9.17) is 0 Å². The van der Waals surface area contributed by atoms with Gasteiger partial charge in [-0.05, 0) is 65.6 Å². The normalized spacial score (nSPS) is 12.4. The van der Waals surface area contributed by atoms with Crippen LogP contribution in [0, 0.1) is 5.92 Å². The van der Waals surface area contributed by atoms with E-state index in [2.05, 4.69) is 6.92 Å². The highest BCUT2D eigenvalue weighted by atomic mass is 16.3. The van der Waals surface area contributed by atoms with Crippen molar-refractivity contribution in [3.63, 3.8) is 0 Å². The van der Waals surface area contributed by atoms with Gasteiger partial charge in [-0.1, -0.05) is 31.2 Å². The molecule has 0 aliphatic heterocycles. The summed E-state index contributed by atoms with van der Waals surface area (Å²) in [5.41, 5.74) is 2.17. The molecule has 3 heteroatoms. The predicted molar refractivity (Wildman–Crippen MR) is 92.0 cm³/mol.